The zero-order valence-electron chi connectivity index (χ0n) is 13.6. The summed E-state index contributed by atoms with van der Waals surface area (Å²) in [6, 6.07) is 2.43. The van der Waals surface area contributed by atoms with E-state index in [2.05, 4.69) is 5.32 Å². The number of nitrogens with one attached hydrogen (secondary N) is 1. The number of likely N-dealkylation sites (tertiary alicyclic amines) is 1. The average Bonchev–Trinajstić information content (AvgIpc) is 2.56. The molecule has 2 amide bonds. The van der Waals surface area contributed by atoms with Crippen molar-refractivity contribution in [1.29, 1.82) is 0 Å². The van der Waals surface area contributed by atoms with Crippen LogP contribution in [0, 0.1) is 17.2 Å². The summed E-state index contributed by atoms with van der Waals surface area (Å²) in [4.78, 5) is 25.8. The molecule has 0 bridgehead atoms. The van der Waals surface area contributed by atoms with Gasteiger partial charge in [-0.1, -0.05) is 11.6 Å². The summed E-state index contributed by atoms with van der Waals surface area (Å²) in [5.41, 5.74) is -0.226. The van der Waals surface area contributed by atoms with Crippen LogP contribution in [0.2, 0.25) is 5.02 Å². The first-order valence-corrected chi connectivity index (χ1v) is 8.38. The predicted octanol–water partition coefficient (Wildman–Crippen LogP) is 2.56. The molecule has 0 saturated carbocycles. The van der Waals surface area contributed by atoms with Crippen molar-refractivity contribution in [3.63, 3.8) is 0 Å². The Labute approximate surface area is 144 Å². The molecule has 5 nitrogen and oxygen atoms in total. The molecule has 2 N–H and O–H groups in total. The van der Waals surface area contributed by atoms with E-state index in [-0.39, 0.29) is 33.9 Å². The number of carbonyl (C=O) groups excluding carboxylic acids is 2. The van der Waals surface area contributed by atoms with E-state index in [0.717, 1.165) is 18.9 Å². The molecule has 2 saturated heterocycles. The summed E-state index contributed by atoms with van der Waals surface area (Å²) in [7, 11) is 0. The van der Waals surface area contributed by atoms with Crippen LogP contribution in [-0.2, 0) is 4.79 Å². The third-order valence-electron chi connectivity index (χ3n) is 5.21. The number of benzene rings is 1. The van der Waals surface area contributed by atoms with Crippen LogP contribution in [0.25, 0.3) is 0 Å². The SMILES string of the molecule is CC1(C)C(=O)NC1C1CCN(C(=O)c2cc(F)c(O)c(Cl)c2)CC1. The third kappa shape index (κ3) is 2.73. The summed E-state index contributed by atoms with van der Waals surface area (Å²) in [5, 5.41) is 12.1. The van der Waals surface area contributed by atoms with Gasteiger partial charge < -0.3 is 15.3 Å². The van der Waals surface area contributed by atoms with E-state index in [9.17, 15) is 19.1 Å². The van der Waals surface area contributed by atoms with Crippen LogP contribution in [0.1, 0.15) is 37.0 Å². The van der Waals surface area contributed by atoms with E-state index < -0.39 is 11.6 Å². The van der Waals surface area contributed by atoms with Crippen molar-refractivity contribution in [3.8, 4) is 5.75 Å². The number of phenolic OH excluding ortho intramolecular Hbond substituents is 1. The fourth-order valence-electron chi connectivity index (χ4n) is 3.59. The second-order valence-electron chi connectivity index (χ2n) is 7.09. The number of rotatable bonds is 2. The average molecular weight is 355 g/mol. The molecule has 1 unspecified atom stereocenters. The molecule has 0 radical (unpaired) electrons. The summed E-state index contributed by atoms with van der Waals surface area (Å²) >= 11 is 5.74. The molecule has 1 atom stereocenters. The first kappa shape index (κ1) is 17.0. The highest BCUT2D eigenvalue weighted by Gasteiger charge is 2.51. The lowest BCUT2D eigenvalue weighted by Crippen LogP contribution is -2.68. The standard InChI is InChI=1S/C17H20ClFN2O3/c1-17(2)14(20-16(17)24)9-3-5-21(6-4-9)15(23)10-7-11(18)13(22)12(19)8-10/h7-9,14,22H,3-6H2,1-2H3,(H,20,24). The predicted molar refractivity (Wildman–Crippen MR) is 87.4 cm³/mol. The fourth-order valence-corrected chi connectivity index (χ4v) is 3.79. The Kier molecular flexibility index (Phi) is 4.20. The lowest BCUT2D eigenvalue weighted by atomic mass is 9.68. The van der Waals surface area contributed by atoms with Gasteiger partial charge in [0.25, 0.3) is 5.91 Å². The minimum absolute atomic E-state index is 0.0696. The quantitative estimate of drug-likeness (QED) is 0.802. The summed E-state index contributed by atoms with van der Waals surface area (Å²) in [6.45, 7) is 4.97. The number of aromatic hydroxyl groups is 1. The van der Waals surface area contributed by atoms with Crippen molar-refractivity contribution in [2.45, 2.75) is 32.7 Å². The zero-order valence-corrected chi connectivity index (χ0v) is 14.4. The monoisotopic (exact) mass is 354 g/mol. The molecule has 3 rings (SSSR count). The van der Waals surface area contributed by atoms with Crippen molar-refractivity contribution in [2.24, 2.45) is 11.3 Å². The van der Waals surface area contributed by atoms with Crippen LogP contribution < -0.4 is 5.32 Å². The minimum Gasteiger partial charge on any atom is -0.504 e. The largest absolute Gasteiger partial charge is 0.504 e. The number of hydrogen-bond donors (Lipinski definition) is 2. The Bertz CT molecular complexity index is 676. The second kappa shape index (κ2) is 5.92. The number of amides is 2. The Morgan fingerprint density at radius 1 is 1.38 bits per heavy atom. The van der Waals surface area contributed by atoms with Gasteiger partial charge in [-0.25, -0.2) is 4.39 Å². The lowest BCUT2D eigenvalue weighted by Gasteiger charge is -2.50. The Morgan fingerprint density at radius 2 is 2.00 bits per heavy atom. The Morgan fingerprint density at radius 3 is 2.50 bits per heavy atom. The van der Waals surface area contributed by atoms with E-state index in [1.807, 2.05) is 13.8 Å². The first-order valence-electron chi connectivity index (χ1n) is 8.00. The number of hydrogen-bond acceptors (Lipinski definition) is 3. The number of carbonyl (C=O) groups is 2. The van der Waals surface area contributed by atoms with E-state index in [1.54, 1.807) is 4.90 Å². The molecular weight excluding hydrogens is 335 g/mol. The van der Waals surface area contributed by atoms with E-state index >= 15 is 0 Å². The number of phenols is 1. The van der Waals surface area contributed by atoms with Gasteiger partial charge in [0.05, 0.1) is 10.4 Å². The van der Waals surface area contributed by atoms with E-state index in [1.165, 1.54) is 6.07 Å². The van der Waals surface area contributed by atoms with E-state index in [0.29, 0.717) is 19.0 Å². The van der Waals surface area contributed by atoms with Crippen LogP contribution >= 0.6 is 11.6 Å². The maximum absolute atomic E-state index is 13.6. The Hall–Kier alpha value is -1.82. The first-order chi connectivity index (χ1) is 11.2. The number of halogens is 2. The number of piperidine rings is 1. The minimum atomic E-state index is -0.903. The molecule has 0 aliphatic carbocycles. The topological polar surface area (TPSA) is 69.6 Å². The molecule has 1 aromatic rings. The van der Waals surface area contributed by atoms with Crippen molar-refractivity contribution in [3.05, 3.63) is 28.5 Å². The molecule has 2 aliphatic rings. The van der Waals surface area contributed by atoms with Crippen molar-refractivity contribution < 1.29 is 19.1 Å². The maximum atomic E-state index is 13.6. The van der Waals surface area contributed by atoms with Gasteiger partial charge in [-0.3, -0.25) is 9.59 Å². The normalized spacial score (nSPS) is 23.6. The fraction of sp³-hybridized carbons (Fsp3) is 0.529. The number of β-lactam (4-membered cyclic amide) rings is 1. The van der Waals surface area contributed by atoms with Crippen LogP contribution in [0.4, 0.5) is 4.39 Å². The van der Waals surface area contributed by atoms with Gasteiger partial charge in [0.1, 0.15) is 0 Å². The van der Waals surface area contributed by atoms with Gasteiger partial charge in [0, 0.05) is 24.7 Å². The van der Waals surface area contributed by atoms with Gasteiger partial charge in [-0.2, -0.15) is 0 Å². The van der Waals surface area contributed by atoms with Crippen molar-refractivity contribution in [1.82, 2.24) is 10.2 Å². The summed E-state index contributed by atoms with van der Waals surface area (Å²) in [5.74, 6) is -1.44. The lowest BCUT2D eigenvalue weighted by molar-refractivity contribution is -0.146. The van der Waals surface area contributed by atoms with Crippen LogP contribution in [0.3, 0.4) is 0 Å². The maximum Gasteiger partial charge on any atom is 0.254 e. The molecule has 0 aromatic heterocycles. The van der Waals surface area contributed by atoms with Gasteiger partial charge >= 0.3 is 0 Å². The molecule has 2 fully saturated rings. The van der Waals surface area contributed by atoms with E-state index in [4.69, 9.17) is 11.6 Å². The molecule has 1 aromatic carbocycles. The van der Waals surface area contributed by atoms with Gasteiger partial charge in [0.2, 0.25) is 5.91 Å². The van der Waals surface area contributed by atoms with Crippen molar-refractivity contribution >= 4 is 23.4 Å². The molecule has 7 heteroatoms. The zero-order chi connectivity index (χ0) is 17.6. The highest BCUT2D eigenvalue weighted by atomic mass is 35.5. The molecule has 130 valence electrons. The molecule has 0 spiro atoms. The molecule has 2 heterocycles. The van der Waals surface area contributed by atoms with Crippen LogP contribution in [0.5, 0.6) is 5.75 Å². The van der Waals surface area contributed by atoms with Crippen molar-refractivity contribution in [2.75, 3.05) is 13.1 Å². The summed E-state index contributed by atoms with van der Waals surface area (Å²) in [6.07, 6.45) is 1.57. The number of nitrogens with zero attached hydrogens (tertiary/aromatic N) is 1. The highest BCUT2D eigenvalue weighted by molar-refractivity contribution is 6.32. The van der Waals surface area contributed by atoms with Gasteiger partial charge in [-0.05, 0) is 44.7 Å². The second-order valence-corrected chi connectivity index (χ2v) is 7.50. The molecular formula is C17H20ClFN2O3. The van der Waals surface area contributed by atoms with Gasteiger partial charge in [0.15, 0.2) is 11.6 Å². The molecule has 24 heavy (non-hydrogen) atoms. The Balaban J connectivity index is 1.65. The van der Waals surface area contributed by atoms with Gasteiger partial charge in [-0.15, -0.1) is 0 Å². The molecule has 2 aliphatic heterocycles. The third-order valence-corrected chi connectivity index (χ3v) is 5.50. The highest BCUT2D eigenvalue weighted by Crippen LogP contribution is 2.38. The summed E-state index contributed by atoms with van der Waals surface area (Å²) < 4.78 is 13.6. The van der Waals surface area contributed by atoms with Crippen LogP contribution in [-0.4, -0.2) is 41.0 Å². The van der Waals surface area contributed by atoms with Crippen LogP contribution in [0.15, 0.2) is 12.1 Å². The smallest absolute Gasteiger partial charge is 0.254 e.